The monoisotopic (exact) mass is 381 g/mol. The summed E-state index contributed by atoms with van der Waals surface area (Å²) in [6, 6.07) is -0.253. The lowest BCUT2D eigenvalue weighted by molar-refractivity contribution is 0.176. The number of nitrogens with one attached hydrogen (secondary N) is 3. The van der Waals surface area contributed by atoms with E-state index in [1.807, 2.05) is 6.92 Å². The molecule has 1 fully saturated rings. The Labute approximate surface area is 161 Å². The largest absolute Gasteiger partial charge is 0.344 e. The van der Waals surface area contributed by atoms with E-state index in [2.05, 4.69) is 40.5 Å². The SMILES string of the molecule is Cc1cnc(C2(NC(=O)Nc3cnn(Cc4nnc5n4CCC5)c3)CCC2)[nH]1. The Kier molecular flexibility index (Phi) is 3.92. The molecule has 5 rings (SSSR count). The summed E-state index contributed by atoms with van der Waals surface area (Å²) in [5, 5.41) is 18.8. The third kappa shape index (κ3) is 2.94. The van der Waals surface area contributed by atoms with Gasteiger partial charge in [0.1, 0.15) is 18.2 Å². The summed E-state index contributed by atoms with van der Waals surface area (Å²) < 4.78 is 3.91. The lowest BCUT2D eigenvalue weighted by Crippen LogP contribution is -2.52. The number of H-pyrrole nitrogens is 1. The van der Waals surface area contributed by atoms with Gasteiger partial charge in [-0.25, -0.2) is 9.78 Å². The van der Waals surface area contributed by atoms with Gasteiger partial charge in [0.05, 0.1) is 17.4 Å². The van der Waals surface area contributed by atoms with Crippen molar-refractivity contribution < 1.29 is 4.79 Å². The van der Waals surface area contributed by atoms with Crippen LogP contribution in [0.2, 0.25) is 0 Å². The maximum absolute atomic E-state index is 12.6. The first-order valence-electron chi connectivity index (χ1n) is 9.66. The summed E-state index contributed by atoms with van der Waals surface area (Å²) in [7, 11) is 0. The molecule has 0 saturated heterocycles. The molecule has 10 heteroatoms. The molecule has 0 atom stereocenters. The highest BCUT2D eigenvalue weighted by molar-refractivity contribution is 5.89. The third-order valence-corrected chi connectivity index (χ3v) is 5.60. The van der Waals surface area contributed by atoms with E-state index < -0.39 is 5.54 Å². The molecule has 0 unspecified atom stereocenters. The zero-order valence-corrected chi connectivity index (χ0v) is 15.8. The van der Waals surface area contributed by atoms with Gasteiger partial charge in [-0.3, -0.25) is 4.68 Å². The molecule has 28 heavy (non-hydrogen) atoms. The van der Waals surface area contributed by atoms with Crippen LogP contribution in [0.4, 0.5) is 10.5 Å². The van der Waals surface area contributed by atoms with Crippen molar-refractivity contribution in [3.63, 3.8) is 0 Å². The molecule has 146 valence electrons. The van der Waals surface area contributed by atoms with Crippen molar-refractivity contribution in [3.05, 3.63) is 41.8 Å². The molecule has 0 aromatic carbocycles. The summed E-state index contributed by atoms with van der Waals surface area (Å²) >= 11 is 0. The second-order valence-electron chi connectivity index (χ2n) is 7.64. The molecule has 3 N–H and O–H groups in total. The van der Waals surface area contributed by atoms with Crippen LogP contribution in [0.5, 0.6) is 0 Å². The van der Waals surface area contributed by atoms with E-state index in [0.717, 1.165) is 61.8 Å². The quantitative estimate of drug-likeness (QED) is 0.622. The van der Waals surface area contributed by atoms with E-state index in [-0.39, 0.29) is 6.03 Å². The van der Waals surface area contributed by atoms with E-state index in [9.17, 15) is 4.79 Å². The van der Waals surface area contributed by atoms with Gasteiger partial charge < -0.3 is 20.2 Å². The van der Waals surface area contributed by atoms with Gasteiger partial charge in [-0.05, 0) is 32.6 Å². The summed E-state index contributed by atoms with van der Waals surface area (Å²) in [6.07, 6.45) is 10.2. The van der Waals surface area contributed by atoms with E-state index in [4.69, 9.17) is 0 Å². The lowest BCUT2D eigenvalue weighted by atomic mass is 9.76. The van der Waals surface area contributed by atoms with Crippen molar-refractivity contribution in [3.8, 4) is 0 Å². The lowest BCUT2D eigenvalue weighted by Gasteiger charge is -2.40. The standard InChI is InChI=1S/C18H23N9O/c1-12-8-19-16(21-12)18(5-3-6-18)23-17(28)22-13-9-20-26(10-13)11-15-25-24-14-4-2-7-27(14)15/h8-10H,2-7,11H2,1H3,(H,19,21)(H2,22,23,28). The zero-order chi connectivity index (χ0) is 19.1. The van der Waals surface area contributed by atoms with Crippen LogP contribution in [0.1, 0.15) is 48.9 Å². The Balaban J connectivity index is 1.23. The van der Waals surface area contributed by atoms with Gasteiger partial charge in [0.2, 0.25) is 0 Å². The van der Waals surface area contributed by atoms with Crippen molar-refractivity contribution in [2.24, 2.45) is 0 Å². The average molecular weight is 381 g/mol. The fraction of sp³-hybridized carbons (Fsp3) is 0.500. The van der Waals surface area contributed by atoms with Crippen molar-refractivity contribution >= 4 is 11.7 Å². The molecule has 4 heterocycles. The molecule has 0 radical (unpaired) electrons. The number of aromatic amines is 1. The van der Waals surface area contributed by atoms with Crippen LogP contribution in [-0.4, -0.2) is 40.5 Å². The minimum Gasteiger partial charge on any atom is -0.344 e. The second kappa shape index (κ2) is 6.47. The Hall–Kier alpha value is -3.17. The number of hydrogen-bond acceptors (Lipinski definition) is 5. The number of anilines is 1. The summed E-state index contributed by atoms with van der Waals surface area (Å²) in [5.74, 6) is 2.76. The highest BCUT2D eigenvalue weighted by Crippen LogP contribution is 2.39. The number of nitrogens with zero attached hydrogens (tertiary/aromatic N) is 6. The van der Waals surface area contributed by atoms with E-state index >= 15 is 0 Å². The first kappa shape index (κ1) is 17.0. The van der Waals surface area contributed by atoms with Crippen LogP contribution in [-0.2, 0) is 25.0 Å². The second-order valence-corrected chi connectivity index (χ2v) is 7.64. The number of hydrogen-bond donors (Lipinski definition) is 3. The minimum absolute atomic E-state index is 0.253. The predicted octanol–water partition coefficient (Wildman–Crippen LogP) is 1.70. The molecular weight excluding hydrogens is 358 g/mol. The number of amides is 2. The van der Waals surface area contributed by atoms with Gasteiger partial charge in [-0.15, -0.1) is 10.2 Å². The highest BCUT2D eigenvalue weighted by atomic mass is 16.2. The van der Waals surface area contributed by atoms with E-state index in [1.165, 1.54) is 0 Å². The van der Waals surface area contributed by atoms with Crippen LogP contribution in [0.25, 0.3) is 0 Å². The predicted molar refractivity (Wildman–Crippen MR) is 101 cm³/mol. The van der Waals surface area contributed by atoms with Gasteiger partial charge in [0, 0.05) is 31.1 Å². The van der Waals surface area contributed by atoms with Crippen LogP contribution < -0.4 is 10.6 Å². The summed E-state index contributed by atoms with van der Waals surface area (Å²) in [6.45, 7) is 3.45. The number of fused-ring (bicyclic) bond motifs is 1. The number of carbonyl (C=O) groups is 1. The summed E-state index contributed by atoms with van der Waals surface area (Å²) in [5.41, 5.74) is 1.23. The molecule has 2 aliphatic rings. The molecule has 2 amide bonds. The van der Waals surface area contributed by atoms with E-state index in [0.29, 0.717) is 12.2 Å². The maximum atomic E-state index is 12.6. The Bertz CT molecular complexity index is 1010. The highest BCUT2D eigenvalue weighted by Gasteiger charge is 2.42. The molecule has 1 saturated carbocycles. The van der Waals surface area contributed by atoms with Crippen LogP contribution >= 0.6 is 0 Å². The Morgan fingerprint density at radius 3 is 2.93 bits per heavy atom. The fourth-order valence-corrected chi connectivity index (χ4v) is 3.97. The Morgan fingerprint density at radius 1 is 1.29 bits per heavy atom. The average Bonchev–Trinajstić information content (AvgIpc) is 3.39. The van der Waals surface area contributed by atoms with Gasteiger partial charge in [0.15, 0.2) is 5.82 Å². The van der Waals surface area contributed by atoms with Gasteiger partial charge in [-0.2, -0.15) is 5.10 Å². The molecule has 0 spiro atoms. The first-order valence-corrected chi connectivity index (χ1v) is 9.66. The number of aromatic nitrogens is 7. The Morgan fingerprint density at radius 2 is 2.18 bits per heavy atom. The zero-order valence-electron chi connectivity index (χ0n) is 15.8. The third-order valence-electron chi connectivity index (χ3n) is 5.60. The van der Waals surface area contributed by atoms with Gasteiger partial charge >= 0.3 is 6.03 Å². The number of aryl methyl sites for hydroxylation is 2. The maximum Gasteiger partial charge on any atom is 0.320 e. The van der Waals surface area contributed by atoms with Crippen molar-refractivity contribution in [1.82, 2.24) is 39.8 Å². The van der Waals surface area contributed by atoms with Crippen molar-refractivity contribution in [2.75, 3.05) is 5.32 Å². The molecule has 0 bridgehead atoms. The molecule has 10 nitrogen and oxygen atoms in total. The topological polar surface area (TPSA) is 118 Å². The number of carbonyl (C=O) groups excluding carboxylic acids is 1. The smallest absolute Gasteiger partial charge is 0.320 e. The number of urea groups is 1. The summed E-state index contributed by atoms with van der Waals surface area (Å²) in [4.78, 5) is 20.2. The molecule has 3 aromatic heterocycles. The molecule has 1 aliphatic carbocycles. The van der Waals surface area contributed by atoms with Gasteiger partial charge in [0.25, 0.3) is 0 Å². The molecular formula is C18H23N9O. The molecule has 1 aliphatic heterocycles. The molecule has 3 aromatic rings. The van der Waals surface area contributed by atoms with Crippen molar-refractivity contribution in [2.45, 2.75) is 57.7 Å². The number of imidazole rings is 1. The minimum atomic E-state index is -0.406. The normalized spacial score (nSPS) is 17.2. The first-order chi connectivity index (χ1) is 13.6. The van der Waals surface area contributed by atoms with Crippen molar-refractivity contribution in [1.29, 1.82) is 0 Å². The van der Waals surface area contributed by atoms with E-state index in [1.54, 1.807) is 23.3 Å². The van der Waals surface area contributed by atoms with Crippen LogP contribution in [0.15, 0.2) is 18.6 Å². The van der Waals surface area contributed by atoms with Gasteiger partial charge in [-0.1, -0.05) is 0 Å². The van der Waals surface area contributed by atoms with Crippen LogP contribution in [0, 0.1) is 6.92 Å². The number of rotatable bonds is 5. The fourth-order valence-electron chi connectivity index (χ4n) is 3.97. The van der Waals surface area contributed by atoms with Crippen LogP contribution in [0.3, 0.4) is 0 Å².